The highest BCUT2D eigenvalue weighted by Gasteiger charge is 2.28. The summed E-state index contributed by atoms with van der Waals surface area (Å²) in [5.74, 6) is 2.52. The van der Waals surface area contributed by atoms with Gasteiger partial charge in [0.2, 0.25) is 0 Å². The maximum absolute atomic E-state index is 13.5. The number of benzene rings is 2. The van der Waals surface area contributed by atoms with Gasteiger partial charge in [0.1, 0.15) is 10.8 Å². The lowest BCUT2D eigenvalue weighted by Crippen LogP contribution is -2.18. The summed E-state index contributed by atoms with van der Waals surface area (Å²) in [6, 6.07) is 13.3. The number of nitrogens with one attached hydrogen (secondary N) is 2. The molecule has 2 aromatic carbocycles. The van der Waals surface area contributed by atoms with Crippen molar-refractivity contribution in [2.75, 3.05) is 32.0 Å². The maximum Gasteiger partial charge on any atom is 0.259 e. The van der Waals surface area contributed by atoms with Gasteiger partial charge < -0.3 is 24.8 Å². The van der Waals surface area contributed by atoms with Gasteiger partial charge in [-0.05, 0) is 48.9 Å². The molecule has 0 radical (unpaired) electrons. The smallest absolute Gasteiger partial charge is 0.259 e. The molecule has 0 spiro atoms. The molecule has 1 atom stereocenters. The third-order valence-corrected chi connectivity index (χ3v) is 7.23. The van der Waals surface area contributed by atoms with Crippen molar-refractivity contribution in [1.29, 1.82) is 0 Å². The second kappa shape index (κ2) is 10.2. The van der Waals surface area contributed by atoms with E-state index in [-0.39, 0.29) is 5.91 Å². The van der Waals surface area contributed by atoms with E-state index < -0.39 is 0 Å². The largest absolute Gasteiger partial charge is 0.495 e. The molecule has 33 heavy (non-hydrogen) atoms. The van der Waals surface area contributed by atoms with Crippen LogP contribution in [0.25, 0.3) is 0 Å². The number of carbonyl (C=O) groups excluding carboxylic acids is 1. The number of methoxy groups -OCH3 is 3. The topological polar surface area (TPSA) is 68.8 Å². The van der Waals surface area contributed by atoms with E-state index in [4.69, 9.17) is 14.2 Å². The lowest BCUT2D eigenvalue weighted by molar-refractivity contribution is 0.102. The number of hydrogen-bond donors (Lipinski definition) is 2. The standard InChI is InChI=1S/C26H30N2O4S/c1-16-12-13-18-22(14-16)33-26(27-15-17-8-7-11-21(31-3)24(17)32-4)23(18)25(29)28-19-9-5-6-10-20(19)30-2/h5-11,16,27H,12-15H2,1-4H3,(H,28,29)/t16-/m1/s1. The van der Waals surface area contributed by atoms with Gasteiger partial charge in [-0.1, -0.05) is 31.2 Å². The summed E-state index contributed by atoms with van der Waals surface area (Å²) in [5, 5.41) is 7.46. The van der Waals surface area contributed by atoms with Gasteiger partial charge in [0.05, 0.1) is 32.6 Å². The molecular formula is C26H30N2O4S. The highest BCUT2D eigenvalue weighted by atomic mass is 32.1. The van der Waals surface area contributed by atoms with Gasteiger partial charge in [-0.15, -0.1) is 11.3 Å². The van der Waals surface area contributed by atoms with Crippen LogP contribution in [-0.4, -0.2) is 27.2 Å². The summed E-state index contributed by atoms with van der Waals surface area (Å²) < 4.78 is 16.4. The summed E-state index contributed by atoms with van der Waals surface area (Å²) in [7, 11) is 4.87. The molecule has 1 heterocycles. The molecule has 0 bridgehead atoms. The number of hydrogen-bond acceptors (Lipinski definition) is 6. The average Bonchev–Trinajstić information content (AvgIpc) is 3.20. The van der Waals surface area contributed by atoms with Crippen LogP contribution in [0.15, 0.2) is 42.5 Å². The van der Waals surface area contributed by atoms with Crippen molar-refractivity contribution in [3.05, 3.63) is 64.0 Å². The summed E-state index contributed by atoms with van der Waals surface area (Å²) in [4.78, 5) is 14.8. The number of ether oxygens (including phenoxy) is 3. The lowest BCUT2D eigenvalue weighted by Gasteiger charge is -2.19. The first-order chi connectivity index (χ1) is 16.0. The third-order valence-electron chi connectivity index (χ3n) is 6.02. The summed E-state index contributed by atoms with van der Waals surface area (Å²) in [6.45, 7) is 2.79. The Bertz CT molecular complexity index is 1140. The number of para-hydroxylation sites is 3. The number of rotatable bonds is 8. The van der Waals surface area contributed by atoms with E-state index in [1.54, 1.807) is 32.7 Å². The lowest BCUT2D eigenvalue weighted by atomic mass is 9.88. The maximum atomic E-state index is 13.5. The molecule has 3 aromatic rings. The van der Waals surface area contributed by atoms with Crippen molar-refractivity contribution in [2.24, 2.45) is 5.92 Å². The third kappa shape index (κ3) is 4.78. The Hall–Kier alpha value is -3.19. The van der Waals surface area contributed by atoms with Crippen LogP contribution in [-0.2, 0) is 19.4 Å². The van der Waals surface area contributed by atoms with Crippen molar-refractivity contribution in [3.8, 4) is 17.2 Å². The van der Waals surface area contributed by atoms with E-state index in [0.717, 1.165) is 41.0 Å². The molecule has 1 aliphatic rings. The number of carbonyl (C=O) groups is 1. The fourth-order valence-corrected chi connectivity index (χ4v) is 5.72. The highest BCUT2D eigenvalue weighted by molar-refractivity contribution is 7.16. The van der Waals surface area contributed by atoms with E-state index >= 15 is 0 Å². The monoisotopic (exact) mass is 466 g/mol. The Morgan fingerprint density at radius 3 is 2.55 bits per heavy atom. The summed E-state index contributed by atoms with van der Waals surface area (Å²) in [6.07, 6.45) is 2.99. The zero-order chi connectivity index (χ0) is 23.4. The van der Waals surface area contributed by atoms with Gasteiger partial charge in [-0.25, -0.2) is 0 Å². The Morgan fingerprint density at radius 1 is 1.03 bits per heavy atom. The fourth-order valence-electron chi connectivity index (χ4n) is 4.32. The number of fused-ring (bicyclic) bond motifs is 1. The fraction of sp³-hybridized carbons (Fsp3) is 0.346. The number of thiophene rings is 1. The minimum Gasteiger partial charge on any atom is -0.495 e. The van der Waals surface area contributed by atoms with Crippen molar-refractivity contribution in [3.63, 3.8) is 0 Å². The van der Waals surface area contributed by atoms with Crippen LogP contribution in [0.2, 0.25) is 0 Å². The van der Waals surface area contributed by atoms with Crippen molar-refractivity contribution in [1.82, 2.24) is 0 Å². The SMILES string of the molecule is COc1ccccc1NC(=O)c1c(NCc2cccc(OC)c2OC)sc2c1CC[C@@H](C)C2. The first-order valence-electron chi connectivity index (χ1n) is 11.1. The van der Waals surface area contributed by atoms with Gasteiger partial charge in [0, 0.05) is 17.0 Å². The van der Waals surface area contributed by atoms with Crippen LogP contribution in [0.4, 0.5) is 10.7 Å². The molecule has 7 heteroatoms. The molecule has 0 aliphatic heterocycles. The van der Waals surface area contributed by atoms with E-state index in [9.17, 15) is 4.79 Å². The summed E-state index contributed by atoms with van der Waals surface area (Å²) in [5.41, 5.74) is 3.52. The molecular weight excluding hydrogens is 436 g/mol. The van der Waals surface area contributed by atoms with Crippen LogP contribution < -0.4 is 24.8 Å². The molecule has 0 fully saturated rings. The predicted octanol–water partition coefficient (Wildman–Crippen LogP) is 5.76. The second-order valence-corrected chi connectivity index (χ2v) is 9.32. The molecule has 2 N–H and O–H groups in total. The molecule has 6 nitrogen and oxygen atoms in total. The van der Waals surface area contributed by atoms with Crippen molar-refractivity contribution < 1.29 is 19.0 Å². The van der Waals surface area contributed by atoms with E-state index in [2.05, 4.69) is 17.6 Å². The number of amides is 1. The molecule has 0 unspecified atom stereocenters. The molecule has 1 amide bonds. The Balaban J connectivity index is 1.65. The molecule has 0 saturated carbocycles. The van der Waals surface area contributed by atoms with E-state index in [1.165, 1.54) is 4.88 Å². The van der Waals surface area contributed by atoms with Crippen LogP contribution in [0.1, 0.15) is 39.7 Å². The van der Waals surface area contributed by atoms with Gasteiger partial charge in [-0.2, -0.15) is 0 Å². The van der Waals surface area contributed by atoms with Gasteiger partial charge in [-0.3, -0.25) is 4.79 Å². The zero-order valence-electron chi connectivity index (χ0n) is 19.5. The van der Waals surface area contributed by atoms with Gasteiger partial charge in [0.25, 0.3) is 5.91 Å². The second-order valence-electron chi connectivity index (χ2n) is 8.22. The van der Waals surface area contributed by atoms with Crippen LogP contribution in [0.5, 0.6) is 17.2 Å². The quantitative estimate of drug-likeness (QED) is 0.442. The minimum absolute atomic E-state index is 0.119. The molecule has 1 aromatic heterocycles. The minimum atomic E-state index is -0.119. The Labute approximate surface area is 198 Å². The predicted molar refractivity (Wildman–Crippen MR) is 133 cm³/mol. The van der Waals surface area contributed by atoms with Crippen LogP contribution in [0.3, 0.4) is 0 Å². The Morgan fingerprint density at radius 2 is 1.79 bits per heavy atom. The van der Waals surface area contributed by atoms with Crippen LogP contribution in [0, 0.1) is 5.92 Å². The normalized spacial score (nSPS) is 14.8. The van der Waals surface area contributed by atoms with Gasteiger partial charge in [0.15, 0.2) is 11.5 Å². The van der Waals surface area contributed by atoms with Crippen molar-refractivity contribution in [2.45, 2.75) is 32.7 Å². The Kier molecular flexibility index (Phi) is 7.08. The number of anilines is 2. The van der Waals surface area contributed by atoms with E-state index in [1.807, 2.05) is 42.5 Å². The summed E-state index contributed by atoms with van der Waals surface area (Å²) >= 11 is 1.68. The zero-order valence-corrected chi connectivity index (χ0v) is 20.3. The van der Waals surface area contributed by atoms with Crippen LogP contribution >= 0.6 is 11.3 Å². The molecule has 1 aliphatic carbocycles. The average molecular weight is 467 g/mol. The molecule has 4 rings (SSSR count). The van der Waals surface area contributed by atoms with Gasteiger partial charge >= 0.3 is 0 Å². The molecule has 0 saturated heterocycles. The first kappa shape index (κ1) is 23.0. The van der Waals surface area contributed by atoms with E-state index in [0.29, 0.717) is 35.4 Å². The highest BCUT2D eigenvalue weighted by Crippen LogP contribution is 2.41. The first-order valence-corrected chi connectivity index (χ1v) is 11.9. The van der Waals surface area contributed by atoms with Crippen molar-refractivity contribution >= 4 is 27.9 Å². The molecule has 174 valence electrons.